The van der Waals surface area contributed by atoms with Crippen molar-refractivity contribution in [2.24, 2.45) is 11.8 Å². The van der Waals surface area contributed by atoms with E-state index in [1.54, 1.807) is 4.90 Å². The Balaban J connectivity index is 1.96. The fourth-order valence-electron chi connectivity index (χ4n) is 2.68. The van der Waals surface area contributed by atoms with Gasteiger partial charge in [-0.1, -0.05) is 13.8 Å². The molecule has 1 heterocycles. The van der Waals surface area contributed by atoms with E-state index in [1.807, 2.05) is 13.8 Å². The molecule has 4 nitrogen and oxygen atoms in total. The first-order chi connectivity index (χ1) is 10.9. The van der Waals surface area contributed by atoms with Crippen molar-refractivity contribution in [1.29, 1.82) is 0 Å². The molecule has 1 unspecified atom stereocenters. The van der Waals surface area contributed by atoms with Crippen molar-refractivity contribution in [1.82, 2.24) is 10.2 Å². The minimum absolute atomic E-state index is 0.00550. The van der Waals surface area contributed by atoms with E-state index < -0.39 is 11.6 Å². The molecule has 0 radical (unpaired) electrons. The summed E-state index contributed by atoms with van der Waals surface area (Å²) in [5.41, 5.74) is 0.149. The molecule has 23 heavy (non-hydrogen) atoms. The summed E-state index contributed by atoms with van der Waals surface area (Å²) in [4.78, 5) is 25.7. The number of amides is 2. The highest BCUT2D eigenvalue weighted by Gasteiger charge is 2.25. The molecule has 1 aliphatic heterocycles. The molecule has 0 saturated carbocycles. The molecular formula is C17H22F2N2O2. The highest BCUT2D eigenvalue weighted by Crippen LogP contribution is 2.19. The van der Waals surface area contributed by atoms with Crippen molar-refractivity contribution < 1.29 is 18.4 Å². The molecule has 0 spiro atoms. The lowest BCUT2D eigenvalue weighted by molar-refractivity contribution is -0.124. The smallest absolute Gasteiger partial charge is 0.253 e. The largest absolute Gasteiger partial charge is 0.356 e. The number of nitrogens with one attached hydrogen (secondary N) is 1. The van der Waals surface area contributed by atoms with E-state index in [0.717, 1.165) is 25.0 Å². The van der Waals surface area contributed by atoms with Crippen LogP contribution in [0.15, 0.2) is 18.2 Å². The summed E-state index contributed by atoms with van der Waals surface area (Å²) >= 11 is 0. The monoisotopic (exact) mass is 324 g/mol. The van der Waals surface area contributed by atoms with Gasteiger partial charge in [0.25, 0.3) is 5.91 Å². The zero-order chi connectivity index (χ0) is 17.0. The van der Waals surface area contributed by atoms with Crippen molar-refractivity contribution in [3.63, 3.8) is 0 Å². The minimum atomic E-state index is -1.02. The number of hydrogen-bond acceptors (Lipinski definition) is 2. The van der Waals surface area contributed by atoms with Gasteiger partial charge in [0.2, 0.25) is 5.91 Å². The molecule has 1 fully saturated rings. The first kappa shape index (κ1) is 17.4. The van der Waals surface area contributed by atoms with Crippen LogP contribution in [0.3, 0.4) is 0 Å². The molecule has 1 aromatic carbocycles. The van der Waals surface area contributed by atoms with Crippen molar-refractivity contribution >= 4 is 11.8 Å². The van der Waals surface area contributed by atoms with Gasteiger partial charge >= 0.3 is 0 Å². The van der Waals surface area contributed by atoms with E-state index in [2.05, 4.69) is 5.32 Å². The molecule has 1 N–H and O–H groups in total. The summed E-state index contributed by atoms with van der Waals surface area (Å²) in [7, 11) is 0. The second-order valence-corrected chi connectivity index (χ2v) is 6.29. The van der Waals surface area contributed by atoms with Crippen LogP contribution in [-0.2, 0) is 4.79 Å². The lowest BCUT2D eigenvalue weighted by Crippen LogP contribution is -2.44. The molecular weight excluding hydrogens is 302 g/mol. The van der Waals surface area contributed by atoms with Crippen LogP contribution in [0.1, 0.15) is 37.0 Å². The highest BCUT2D eigenvalue weighted by atomic mass is 19.2. The zero-order valence-corrected chi connectivity index (χ0v) is 13.4. The van der Waals surface area contributed by atoms with Gasteiger partial charge in [-0.25, -0.2) is 8.78 Å². The Morgan fingerprint density at radius 3 is 2.70 bits per heavy atom. The quantitative estimate of drug-likeness (QED) is 0.925. The van der Waals surface area contributed by atoms with E-state index in [-0.39, 0.29) is 29.2 Å². The Morgan fingerprint density at radius 1 is 1.30 bits per heavy atom. The maximum atomic E-state index is 13.3. The highest BCUT2D eigenvalue weighted by molar-refractivity contribution is 5.94. The van der Waals surface area contributed by atoms with Crippen molar-refractivity contribution in [3.8, 4) is 0 Å². The summed E-state index contributed by atoms with van der Waals surface area (Å²) in [6, 6.07) is 3.19. The third kappa shape index (κ3) is 4.50. The maximum absolute atomic E-state index is 13.3. The predicted molar refractivity (Wildman–Crippen MR) is 82.8 cm³/mol. The van der Waals surface area contributed by atoms with Crippen LogP contribution in [0.2, 0.25) is 0 Å². The first-order valence-electron chi connectivity index (χ1n) is 7.90. The molecule has 1 saturated heterocycles. The molecule has 2 amide bonds. The molecule has 0 bridgehead atoms. The Morgan fingerprint density at radius 2 is 2.04 bits per heavy atom. The molecule has 6 heteroatoms. The van der Waals surface area contributed by atoms with E-state index in [0.29, 0.717) is 19.6 Å². The van der Waals surface area contributed by atoms with Gasteiger partial charge in [-0.15, -0.1) is 0 Å². The van der Waals surface area contributed by atoms with Gasteiger partial charge in [0.15, 0.2) is 11.6 Å². The summed E-state index contributed by atoms with van der Waals surface area (Å²) in [6.45, 7) is 5.28. The molecule has 2 rings (SSSR count). The summed E-state index contributed by atoms with van der Waals surface area (Å²) in [5, 5.41) is 2.88. The fourth-order valence-corrected chi connectivity index (χ4v) is 2.68. The van der Waals surface area contributed by atoms with Gasteiger partial charge < -0.3 is 10.2 Å². The number of hydrogen-bond donors (Lipinski definition) is 1. The average Bonchev–Trinajstić information content (AvgIpc) is 2.54. The summed E-state index contributed by atoms with van der Waals surface area (Å²) < 4.78 is 26.2. The van der Waals surface area contributed by atoms with Crippen LogP contribution in [0, 0.1) is 23.5 Å². The van der Waals surface area contributed by atoms with E-state index in [9.17, 15) is 18.4 Å². The second kappa shape index (κ2) is 7.53. The Bertz CT molecular complexity index is 590. The average molecular weight is 324 g/mol. The van der Waals surface area contributed by atoms with Gasteiger partial charge in [0, 0.05) is 31.1 Å². The number of piperidine rings is 1. The van der Waals surface area contributed by atoms with Crippen molar-refractivity contribution in [2.45, 2.75) is 26.7 Å². The van der Waals surface area contributed by atoms with Crippen LogP contribution in [0.5, 0.6) is 0 Å². The molecule has 1 aliphatic rings. The second-order valence-electron chi connectivity index (χ2n) is 6.29. The normalized spacial score (nSPS) is 18.1. The van der Waals surface area contributed by atoms with Crippen LogP contribution in [0.25, 0.3) is 0 Å². The van der Waals surface area contributed by atoms with E-state index in [1.165, 1.54) is 6.07 Å². The summed E-state index contributed by atoms with van der Waals surface area (Å²) in [5.74, 6) is -2.18. The summed E-state index contributed by atoms with van der Waals surface area (Å²) in [6.07, 6.45) is 1.76. The Labute approximate surface area is 134 Å². The lowest BCUT2D eigenvalue weighted by atomic mass is 9.97. The number of rotatable bonds is 4. The maximum Gasteiger partial charge on any atom is 0.253 e. The third-order valence-electron chi connectivity index (χ3n) is 4.06. The topological polar surface area (TPSA) is 49.4 Å². The van der Waals surface area contributed by atoms with Gasteiger partial charge in [0.1, 0.15) is 0 Å². The number of benzene rings is 1. The van der Waals surface area contributed by atoms with Crippen LogP contribution in [0.4, 0.5) is 8.78 Å². The third-order valence-corrected chi connectivity index (χ3v) is 4.06. The Kier molecular flexibility index (Phi) is 5.69. The SMILES string of the molecule is CC(C)C(=O)NCC1CCCN(C(=O)c2ccc(F)c(F)c2)C1. The number of carbonyl (C=O) groups excluding carboxylic acids is 2. The fraction of sp³-hybridized carbons (Fsp3) is 0.529. The molecule has 1 aromatic rings. The molecule has 1 atom stereocenters. The van der Waals surface area contributed by atoms with Crippen LogP contribution < -0.4 is 5.32 Å². The standard InChI is InChI=1S/C17H22F2N2O2/c1-11(2)16(22)20-9-12-4-3-7-21(10-12)17(23)13-5-6-14(18)15(19)8-13/h5-6,8,11-12H,3-4,7,9-10H2,1-2H3,(H,20,22). The van der Waals surface area contributed by atoms with Crippen molar-refractivity contribution in [2.75, 3.05) is 19.6 Å². The van der Waals surface area contributed by atoms with Gasteiger partial charge in [-0.2, -0.15) is 0 Å². The van der Waals surface area contributed by atoms with Crippen LogP contribution >= 0.6 is 0 Å². The van der Waals surface area contributed by atoms with Gasteiger partial charge in [-0.05, 0) is 37.0 Å². The minimum Gasteiger partial charge on any atom is -0.356 e. The molecule has 126 valence electrons. The van der Waals surface area contributed by atoms with E-state index >= 15 is 0 Å². The molecule has 0 aromatic heterocycles. The Hall–Kier alpha value is -1.98. The molecule has 0 aliphatic carbocycles. The lowest BCUT2D eigenvalue weighted by Gasteiger charge is -2.33. The number of halogens is 2. The number of nitrogens with zero attached hydrogens (tertiary/aromatic N) is 1. The predicted octanol–water partition coefficient (Wildman–Crippen LogP) is 2.59. The van der Waals surface area contributed by atoms with Gasteiger partial charge in [-0.3, -0.25) is 9.59 Å². The van der Waals surface area contributed by atoms with Crippen LogP contribution in [-0.4, -0.2) is 36.3 Å². The van der Waals surface area contributed by atoms with Crippen molar-refractivity contribution in [3.05, 3.63) is 35.4 Å². The van der Waals surface area contributed by atoms with E-state index in [4.69, 9.17) is 0 Å². The first-order valence-corrected chi connectivity index (χ1v) is 7.90. The number of likely N-dealkylation sites (tertiary alicyclic amines) is 1. The zero-order valence-electron chi connectivity index (χ0n) is 13.4. The van der Waals surface area contributed by atoms with Gasteiger partial charge in [0.05, 0.1) is 0 Å². The number of carbonyl (C=O) groups is 2.